The highest BCUT2D eigenvalue weighted by Crippen LogP contribution is 1.90. The molecule has 5 nitrogen and oxygen atoms in total. The number of hydrogen-bond acceptors (Lipinski definition) is 4. The fraction of sp³-hybridized carbons (Fsp3) is 0.900. The Morgan fingerprint density at radius 1 is 1.47 bits per heavy atom. The molecule has 1 heterocycles. The van der Waals surface area contributed by atoms with Gasteiger partial charge >= 0.3 is 0 Å². The van der Waals surface area contributed by atoms with Crippen LogP contribution < -0.4 is 10.6 Å². The van der Waals surface area contributed by atoms with Crippen LogP contribution in [0.2, 0.25) is 0 Å². The van der Waals surface area contributed by atoms with Crippen molar-refractivity contribution in [2.75, 3.05) is 52.5 Å². The number of ether oxygens (including phenoxy) is 1. The summed E-state index contributed by atoms with van der Waals surface area (Å²) in [6, 6.07) is 0. The van der Waals surface area contributed by atoms with Crippen LogP contribution in [-0.2, 0) is 9.53 Å². The smallest absolute Gasteiger partial charge is 0.234 e. The summed E-state index contributed by atoms with van der Waals surface area (Å²) < 4.78 is 5.14. The van der Waals surface area contributed by atoms with E-state index >= 15 is 0 Å². The van der Waals surface area contributed by atoms with Crippen LogP contribution in [0.5, 0.6) is 0 Å². The molecule has 0 bridgehead atoms. The maximum Gasteiger partial charge on any atom is 0.234 e. The van der Waals surface area contributed by atoms with E-state index in [2.05, 4.69) is 15.5 Å². The highest BCUT2D eigenvalue weighted by atomic mass is 16.5. The third-order valence-electron chi connectivity index (χ3n) is 2.35. The van der Waals surface area contributed by atoms with Gasteiger partial charge in [0.2, 0.25) is 5.91 Å². The first kappa shape index (κ1) is 12.4. The molecular weight excluding hydrogens is 194 g/mol. The summed E-state index contributed by atoms with van der Waals surface area (Å²) in [7, 11) is 0. The normalized spacial score (nSPS) is 17.7. The lowest BCUT2D eigenvalue weighted by molar-refractivity contribution is -0.122. The number of hydrogen-bond donors (Lipinski definition) is 2. The van der Waals surface area contributed by atoms with Crippen LogP contribution >= 0.6 is 0 Å². The Bertz CT molecular complexity index is 182. The zero-order chi connectivity index (χ0) is 10.9. The van der Waals surface area contributed by atoms with Gasteiger partial charge in [-0.05, 0) is 6.92 Å². The molecule has 1 fully saturated rings. The third kappa shape index (κ3) is 5.71. The van der Waals surface area contributed by atoms with Crippen LogP contribution in [-0.4, -0.2) is 63.3 Å². The van der Waals surface area contributed by atoms with Crippen molar-refractivity contribution in [3.8, 4) is 0 Å². The molecule has 1 rings (SSSR count). The molecule has 1 saturated heterocycles. The molecule has 1 aliphatic rings. The van der Waals surface area contributed by atoms with E-state index in [1.165, 1.54) is 0 Å². The predicted molar refractivity (Wildman–Crippen MR) is 58.8 cm³/mol. The van der Waals surface area contributed by atoms with Gasteiger partial charge in [0.25, 0.3) is 0 Å². The Morgan fingerprint density at radius 3 is 2.87 bits per heavy atom. The van der Waals surface area contributed by atoms with E-state index in [-0.39, 0.29) is 5.91 Å². The average molecular weight is 215 g/mol. The molecule has 0 aliphatic carbocycles. The Hall–Kier alpha value is -0.650. The van der Waals surface area contributed by atoms with Gasteiger partial charge in [-0.15, -0.1) is 0 Å². The minimum atomic E-state index is 0.0941. The number of rotatable bonds is 6. The fourth-order valence-electron chi connectivity index (χ4n) is 1.54. The molecule has 0 aromatic rings. The Morgan fingerprint density at radius 2 is 2.20 bits per heavy atom. The summed E-state index contributed by atoms with van der Waals surface area (Å²) in [4.78, 5) is 13.6. The summed E-state index contributed by atoms with van der Waals surface area (Å²) in [5, 5.41) is 6.09. The monoisotopic (exact) mass is 215 g/mol. The number of piperazine rings is 1. The Kier molecular flexibility index (Phi) is 6.31. The standard InChI is InChI=1S/C10H21N3O2/c1-2-15-8-5-12-10(14)9-13-6-3-11-4-7-13/h11H,2-9H2,1H3,(H,12,14). The Balaban J connectivity index is 2.01. The van der Waals surface area contributed by atoms with Crippen LogP contribution in [0.15, 0.2) is 0 Å². The molecule has 1 aliphatic heterocycles. The first-order valence-electron chi connectivity index (χ1n) is 5.60. The van der Waals surface area contributed by atoms with E-state index in [1.54, 1.807) is 0 Å². The van der Waals surface area contributed by atoms with Crippen molar-refractivity contribution in [1.82, 2.24) is 15.5 Å². The first-order chi connectivity index (χ1) is 7.33. The van der Waals surface area contributed by atoms with Gasteiger partial charge in [0.15, 0.2) is 0 Å². The topological polar surface area (TPSA) is 53.6 Å². The average Bonchev–Trinajstić information content (AvgIpc) is 2.26. The van der Waals surface area contributed by atoms with Crippen LogP contribution in [0, 0.1) is 0 Å². The second kappa shape index (κ2) is 7.62. The van der Waals surface area contributed by atoms with E-state index in [0.717, 1.165) is 26.2 Å². The number of carbonyl (C=O) groups is 1. The van der Waals surface area contributed by atoms with Crippen molar-refractivity contribution in [3.63, 3.8) is 0 Å². The highest BCUT2D eigenvalue weighted by molar-refractivity contribution is 5.77. The highest BCUT2D eigenvalue weighted by Gasteiger charge is 2.12. The minimum absolute atomic E-state index is 0.0941. The molecule has 15 heavy (non-hydrogen) atoms. The molecule has 0 atom stereocenters. The summed E-state index contributed by atoms with van der Waals surface area (Å²) in [6.07, 6.45) is 0. The van der Waals surface area contributed by atoms with Crippen molar-refractivity contribution < 1.29 is 9.53 Å². The van der Waals surface area contributed by atoms with Gasteiger partial charge in [0.1, 0.15) is 0 Å². The van der Waals surface area contributed by atoms with Crippen molar-refractivity contribution in [1.29, 1.82) is 0 Å². The van der Waals surface area contributed by atoms with Crippen LogP contribution in [0.3, 0.4) is 0 Å². The number of nitrogens with zero attached hydrogens (tertiary/aromatic N) is 1. The second-order valence-corrected chi connectivity index (χ2v) is 3.57. The van der Waals surface area contributed by atoms with Gasteiger partial charge in [0.05, 0.1) is 13.2 Å². The largest absolute Gasteiger partial charge is 0.380 e. The van der Waals surface area contributed by atoms with Gasteiger partial charge in [-0.1, -0.05) is 0 Å². The number of amides is 1. The fourth-order valence-corrected chi connectivity index (χ4v) is 1.54. The van der Waals surface area contributed by atoms with E-state index in [9.17, 15) is 4.79 Å². The van der Waals surface area contributed by atoms with Crippen LogP contribution in [0.25, 0.3) is 0 Å². The van der Waals surface area contributed by atoms with Gasteiger partial charge < -0.3 is 15.4 Å². The van der Waals surface area contributed by atoms with Crippen molar-refractivity contribution in [3.05, 3.63) is 0 Å². The van der Waals surface area contributed by atoms with Gasteiger partial charge in [-0.3, -0.25) is 9.69 Å². The van der Waals surface area contributed by atoms with Crippen molar-refractivity contribution in [2.24, 2.45) is 0 Å². The van der Waals surface area contributed by atoms with Crippen molar-refractivity contribution in [2.45, 2.75) is 6.92 Å². The quantitative estimate of drug-likeness (QED) is 0.561. The molecule has 0 aromatic heterocycles. The molecule has 0 spiro atoms. The lowest BCUT2D eigenvalue weighted by atomic mass is 10.3. The number of nitrogens with one attached hydrogen (secondary N) is 2. The molecule has 2 N–H and O–H groups in total. The lowest BCUT2D eigenvalue weighted by Gasteiger charge is -2.26. The minimum Gasteiger partial charge on any atom is -0.380 e. The van der Waals surface area contributed by atoms with Gasteiger partial charge in [-0.25, -0.2) is 0 Å². The van der Waals surface area contributed by atoms with Crippen LogP contribution in [0.4, 0.5) is 0 Å². The molecule has 0 unspecified atom stereocenters. The maximum atomic E-state index is 11.4. The zero-order valence-corrected chi connectivity index (χ0v) is 9.42. The summed E-state index contributed by atoms with van der Waals surface area (Å²) in [5.74, 6) is 0.0941. The predicted octanol–water partition coefficient (Wildman–Crippen LogP) is -0.956. The Labute approximate surface area is 91.2 Å². The molecule has 0 aromatic carbocycles. The zero-order valence-electron chi connectivity index (χ0n) is 9.42. The molecule has 0 saturated carbocycles. The van der Waals surface area contributed by atoms with E-state index in [4.69, 9.17) is 4.74 Å². The summed E-state index contributed by atoms with van der Waals surface area (Å²) in [6.45, 7) is 8.24. The summed E-state index contributed by atoms with van der Waals surface area (Å²) >= 11 is 0. The number of carbonyl (C=O) groups excluding carboxylic acids is 1. The van der Waals surface area contributed by atoms with Crippen LogP contribution in [0.1, 0.15) is 6.92 Å². The lowest BCUT2D eigenvalue weighted by Crippen LogP contribution is -2.47. The third-order valence-corrected chi connectivity index (χ3v) is 2.35. The van der Waals surface area contributed by atoms with E-state index in [0.29, 0.717) is 26.3 Å². The van der Waals surface area contributed by atoms with E-state index < -0.39 is 0 Å². The molecule has 0 radical (unpaired) electrons. The maximum absolute atomic E-state index is 11.4. The van der Waals surface area contributed by atoms with Gasteiger partial charge in [0, 0.05) is 39.3 Å². The second-order valence-electron chi connectivity index (χ2n) is 3.57. The SMILES string of the molecule is CCOCCNC(=O)CN1CCNCC1. The van der Waals surface area contributed by atoms with E-state index in [1.807, 2.05) is 6.92 Å². The van der Waals surface area contributed by atoms with Gasteiger partial charge in [-0.2, -0.15) is 0 Å². The van der Waals surface area contributed by atoms with Crippen molar-refractivity contribution >= 4 is 5.91 Å². The molecule has 88 valence electrons. The molecular formula is C10H21N3O2. The first-order valence-corrected chi connectivity index (χ1v) is 5.60. The molecule has 5 heteroatoms. The molecule has 1 amide bonds. The summed E-state index contributed by atoms with van der Waals surface area (Å²) in [5.41, 5.74) is 0.